The fourth-order valence-corrected chi connectivity index (χ4v) is 1.58. The Bertz CT molecular complexity index is 307. The monoisotopic (exact) mass is 169 g/mol. The van der Waals surface area contributed by atoms with Crippen molar-refractivity contribution in [1.29, 1.82) is 0 Å². The molecule has 3 amide bonds. The van der Waals surface area contributed by atoms with Gasteiger partial charge in [0.1, 0.15) is 5.04 Å². The van der Waals surface area contributed by atoms with Crippen LogP contribution in [0.25, 0.3) is 0 Å². The van der Waals surface area contributed by atoms with Crippen LogP contribution in [-0.4, -0.2) is 28.6 Å². The minimum Gasteiger partial charge on any atom is -0.271 e. The van der Waals surface area contributed by atoms with Crippen LogP contribution in [0.4, 0.5) is 4.79 Å². The molecule has 2 aliphatic rings. The van der Waals surface area contributed by atoms with Gasteiger partial charge in [-0.05, 0) is 0 Å². The summed E-state index contributed by atoms with van der Waals surface area (Å²) in [5.41, 5.74) is 0.287. The van der Waals surface area contributed by atoms with Gasteiger partial charge in [-0.15, -0.1) is 0 Å². The predicted molar refractivity (Wildman–Crippen MR) is 40.9 cm³/mol. The highest BCUT2D eigenvalue weighted by Gasteiger charge is 2.29. The van der Waals surface area contributed by atoms with Gasteiger partial charge < -0.3 is 0 Å². The lowest BCUT2D eigenvalue weighted by Gasteiger charge is -2.06. The van der Waals surface area contributed by atoms with Gasteiger partial charge in [-0.1, -0.05) is 11.8 Å². The van der Waals surface area contributed by atoms with Gasteiger partial charge in [-0.3, -0.25) is 15.1 Å². The van der Waals surface area contributed by atoms with Crippen molar-refractivity contribution in [2.45, 2.75) is 0 Å². The molecule has 2 heterocycles. The van der Waals surface area contributed by atoms with Crippen LogP contribution in [0.3, 0.4) is 0 Å². The zero-order valence-corrected chi connectivity index (χ0v) is 6.14. The van der Waals surface area contributed by atoms with E-state index in [1.54, 1.807) is 0 Å². The summed E-state index contributed by atoms with van der Waals surface area (Å²) >= 11 is 1.30. The first-order valence-electron chi connectivity index (χ1n) is 2.89. The number of nitrogens with zero attached hydrogens (tertiary/aromatic N) is 2. The first-order chi connectivity index (χ1) is 5.27. The summed E-state index contributed by atoms with van der Waals surface area (Å²) in [4.78, 5) is 29.0. The fraction of sp³-hybridized carbons (Fsp3) is 0.200. The molecular formula is C5H3N3O2S. The number of carbonyl (C=O) groups excluding carboxylic acids is 2. The van der Waals surface area contributed by atoms with Gasteiger partial charge >= 0.3 is 6.03 Å². The maximum absolute atomic E-state index is 10.9. The Morgan fingerprint density at radius 3 is 3.09 bits per heavy atom. The highest BCUT2D eigenvalue weighted by Crippen LogP contribution is 2.16. The maximum atomic E-state index is 10.9. The van der Waals surface area contributed by atoms with E-state index >= 15 is 0 Å². The van der Waals surface area contributed by atoms with E-state index in [0.29, 0.717) is 10.9 Å². The van der Waals surface area contributed by atoms with Crippen LogP contribution in [0.5, 0.6) is 0 Å². The van der Waals surface area contributed by atoms with Crippen molar-refractivity contribution < 1.29 is 9.59 Å². The predicted octanol–water partition coefficient (Wildman–Crippen LogP) is -0.220. The molecule has 0 aromatic carbocycles. The SMILES string of the molecule is O=C1N=C2SCN=C2C(=O)N1. The van der Waals surface area contributed by atoms with Crippen LogP contribution in [0.2, 0.25) is 0 Å². The molecule has 0 saturated carbocycles. The molecule has 0 aliphatic carbocycles. The quantitative estimate of drug-likeness (QED) is 0.545. The van der Waals surface area contributed by atoms with Gasteiger partial charge in [0, 0.05) is 0 Å². The second-order valence-electron chi connectivity index (χ2n) is 1.96. The molecular weight excluding hydrogens is 166 g/mol. The van der Waals surface area contributed by atoms with Crippen molar-refractivity contribution in [2.24, 2.45) is 9.98 Å². The number of rotatable bonds is 0. The molecule has 0 saturated heterocycles. The number of carbonyl (C=O) groups is 2. The highest BCUT2D eigenvalue weighted by atomic mass is 32.2. The summed E-state index contributed by atoms with van der Waals surface area (Å²) in [6.07, 6.45) is 0. The van der Waals surface area contributed by atoms with Gasteiger partial charge in [0.25, 0.3) is 5.91 Å². The van der Waals surface area contributed by atoms with E-state index in [0.717, 1.165) is 0 Å². The molecule has 1 N–H and O–H groups in total. The van der Waals surface area contributed by atoms with Crippen molar-refractivity contribution >= 4 is 34.5 Å². The minimum absolute atomic E-state index is 0.287. The summed E-state index contributed by atoms with van der Waals surface area (Å²) in [5.74, 6) is 0.0412. The number of nitrogens with one attached hydrogen (secondary N) is 1. The molecule has 6 heteroatoms. The average molecular weight is 169 g/mol. The number of urea groups is 1. The zero-order valence-electron chi connectivity index (χ0n) is 5.33. The second-order valence-corrected chi connectivity index (χ2v) is 2.89. The number of thioether (sulfide) groups is 1. The van der Waals surface area contributed by atoms with Crippen LogP contribution in [-0.2, 0) is 4.79 Å². The largest absolute Gasteiger partial charge is 0.349 e. The Balaban J connectivity index is 2.47. The third-order valence-electron chi connectivity index (χ3n) is 1.27. The van der Waals surface area contributed by atoms with Gasteiger partial charge in [0.15, 0.2) is 5.71 Å². The van der Waals surface area contributed by atoms with Crippen molar-refractivity contribution in [1.82, 2.24) is 5.32 Å². The lowest BCUT2D eigenvalue weighted by Crippen LogP contribution is -2.41. The van der Waals surface area contributed by atoms with Crippen LogP contribution in [0.1, 0.15) is 0 Å². The minimum atomic E-state index is -0.599. The lowest BCUT2D eigenvalue weighted by molar-refractivity contribution is -0.113. The molecule has 0 unspecified atom stereocenters. The fourth-order valence-electron chi connectivity index (χ4n) is 0.825. The van der Waals surface area contributed by atoms with Gasteiger partial charge in [-0.25, -0.2) is 4.79 Å². The van der Waals surface area contributed by atoms with E-state index in [2.05, 4.69) is 9.98 Å². The van der Waals surface area contributed by atoms with Gasteiger partial charge in [0.2, 0.25) is 0 Å². The van der Waals surface area contributed by atoms with E-state index in [4.69, 9.17) is 0 Å². The standard InChI is InChI=1S/C5H3N3O2S/c9-3-2-4(11-1-6-2)8-5(10)7-3/h1H2,(H,7,9,10). The maximum Gasteiger partial charge on any atom is 0.349 e. The molecule has 2 aliphatic heterocycles. The summed E-state index contributed by atoms with van der Waals surface area (Å²) in [7, 11) is 0. The van der Waals surface area contributed by atoms with E-state index in [1.807, 2.05) is 5.32 Å². The molecule has 0 spiro atoms. The molecule has 0 aromatic heterocycles. The van der Waals surface area contributed by atoms with Crippen LogP contribution in [0.15, 0.2) is 9.98 Å². The molecule has 2 rings (SSSR count). The Labute approximate surface area is 66.0 Å². The molecule has 56 valence electrons. The number of imide groups is 1. The number of amides is 3. The molecule has 0 aromatic rings. The van der Waals surface area contributed by atoms with Crippen LogP contribution < -0.4 is 5.32 Å². The topological polar surface area (TPSA) is 70.9 Å². The molecule has 0 radical (unpaired) electrons. The Kier molecular flexibility index (Phi) is 1.28. The van der Waals surface area contributed by atoms with Crippen molar-refractivity contribution in [3.63, 3.8) is 0 Å². The number of aliphatic imine (C=N–C) groups is 2. The number of hydrogen-bond acceptors (Lipinski definition) is 4. The van der Waals surface area contributed by atoms with Crippen LogP contribution >= 0.6 is 11.8 Å². The van der Waals surface area contributed by atoms with Crippen molar-refractivity contribution in [3.05, 3.63) is 0 Å². The second kappa shape index (κ2) is 2.16. The summed E-state index contributed by atoms with van der Waals surface area (Å²) in [6.45, 7) is 0. The van der Waals surface area contributed by atoms with Gasteiger partial charge in [0.05, 0.1) is 5.88 Å². The summed E-state index contributed by atoms with van der Waals surface area (Å²) < 4.78 is 0. The Hall–Kier alpha value is -1.17. The summed E-state index contributed by atoms with van der Waals surface area (Å²) in [6, 6.07) is -0.599. The number of hydrogen-bond donors (Lipinski definition) is 1. The molecule has 0 bridgehead atoms. The normalized spacial score (nSPS) is 22.2. The smallest absolute Gasteiger partial charge is 0.271 e. The first-order valence-corrected chi connectivity index (χ1v) is 3.87. The molecule has 5 nitrogen and oxygen atoms in total. The molecule has 0 fully saturated rings. The Morgan fingerprint density at radius 1 is 1.45 bits per heavy atom. The molecule has 0 atom stereocenters. The Morgan fingerprint density at radius 2 is 2.27 bits per heavy atom. The number of fused-ring (bicyclic) bond motifs is 1. The third kappa shape index (κ3) is 0.949. The third-order valence-corrected chi connectivity index (χ3v) is 2.08. The van der Waals surface area contributed by atoms with E-state index in [9.17, 15) is 9.59 Å². The van der Waals surface area contributed by atoms with E-state index < -0.39 is 11.9 Å². The highest BCUT2D eigenvalue weighted by molar-refractivity contribution is 8.16. The summed E-state index contributed by atoms with van der Waals surface area (Å²) in [5, 5.41) is 2.48. The van der Waals surface area contributed by atoms with Crippen LogP contribution in [0, 0.1) is 0 Å². The zero-order chi connectivity index (χ0) is 7.84. The van der Waals surface area contributed by atoms with E-state index in [1.165, 1.54) is 11.8 Å². The van der Waals surface area contributed by atoms with Crippen molar-refractivity contribution in [2.75, 3.05) is 5.88 Å². The van der Waals surface area contributed by atoms with E-state index in [-0.39, 0.29) is 5.71 Å². The first kappa shape index (κ1) is 6.53. The van der Waals surface area contributed by atoms with Gasteiger partial charge in [-0.2, -0.15) is 4.99 Å². The van der Waals surface area contributed by atoms with Crippen molar-refractivity contribution in [3.8, 4) is 0 Å². The average Bonchev–Trinajstić information content (AvgIpc) is 2.34. The lowest BCUT2D eigenvalue weighted by atomic mass is 10.3. The molecule has 11 heavy (non-hydrogen) atoms.